The molecule has 0 saturated carbocycles. The molecule has 3 rings (SSSR count). The van der Waals surface area contributed by atoms with Gasteiger partial charge >= 0.3 is 5.97 Å². The molecule has 0 fully saturated rings. The number of benzene rings is 2. The van der Waals surface area contributed by atoms with Crippen molar-refractivity contribution in [3.8, 4) is 5.69 Å². The van der Waals surface area contributed by atoms with E-state index in [0.29, 0.717) is 12.2 Å². The maximum absolute atomic E-state index is 12.4. The van der Waals surface area contributed by atoms with Crippen LogP contribution in [0.1, 0.15) is 17.3 Å². The molecule has 0 radical (unpaired) electrons. The van der Waals surface area contributed by atoms with Gasteiger partial charge in [-0.15, -0.1) is 0 Å². The van der Waals surface area contributed by atoms with E-state index in [9.17, 15) is 9.59 Å². The summed E-state index contributed by atoms with van der Waals surface area (Å²) in [5.74, 6) is -0.644. The molecule has 0 N–H and O–H groups in total. The number of carbonyl (C=O) groups excluding carboxylic acids is 2. The fourth-order valence-electron chi connectivity index (χ4n) is 2.62. The van der Waals surface area contributed by atoms with Crippen molar-refractivity contribution in [2.45, 2.75) is 6.92 Å². The van der Waals surface area contributed by atoms with Gasteiger partial charge in [0.2, 0.25) is 0 Å². The average Bonchev–Trinajstić information content (AvgIpc) is 3.05. The van der Waals surface area contributed by atoms with Crippen molar-refractivity contribution in [2.24, 2.45) is 0 Å². The van der Waals surface area contributed by atoms with Crippen molar-refractivity contribution in [3.05, 3.63) is 60.4 Å². The van der Waals surface area contributed by atoms with Crippen molar-refractivity contribution < 1.29 is 14.3 Å². The van der Waals surface area contributed by atoms with E-state index in [2.05, 4.69) is 4.98 Å². The quantitative estimate of drug-likeness (QED) is 0.672. The molecule has 6 heteroatoms. The van der Waals surface area contributed by atoms with Crippen LogP contribution >= 0.6 is 0 Å². The second-order valence-corrected chi connectivity index (χ2v) is 5.62. The molecule has 25 heavy (non-hydrogen) atoms. The monoisotopic (exact) mass is 337 g/mol. The first-order chi connectivity index (χ1) is 12.1. The molecule has 0 bridgehead atoms. The van der Waals surface area contributed by atoms with E-state index in [1.165, 1.54) is 4.90 Å². The van der Waals surface area contributed by atoms with Crippen LogP contribution in [0.5, 0.6) is 0 Å². The summed E-state index contributed by atoms with van der Waals surface area (Å²) in [6, 6.07) is 15.1. The highest BCUT2D eigenvalue weighted by molar-refractivity contribution is 5.96. The van der Waals surface area contributed by atoms with Gasteiger partial charge in [-0.05, 0) is 43.3 Å². The van der Waals surface area contributed by atoms with Crippen LogP contribution in [0, 0.1) is 0 Å². The van der Waals surface area contributed by atoms with Gasteiger partial charge in [-0.25, -0.2) is 4.98 Å². The number of aromatic nitrogens is 2. The van der Waals surface area contributed by atoms with Crippen LogP contribution in [0.25, 0.3) is 16.7 Å². The topological polar surface area (TPSA) is 64.4 Å². The zero-order chi connectivity index (χ0) is 17.8. The van der Waals surface area contributed by atoms with Gasteiger partial charge in [0, 0.05) is 18.3 Å². The SMILES string of the molecule is CCOC(=O)CN(C)C(=O)c1ccc(-n2cnc3ccccc32)cc1. The van der Waals surface area contributed by atoms with Crippen molar-refractivity contribution in [1.29, 1.82) is 0 Å². The molecular weight excluding hydrogens is 318 g/mol. The molecule has 0 aliphatic heterocycles. The second kappa shape index (κ2) is 7.17. The summed E-state index contributed by atoms with van der Waals surface area (Å²) in [5, 5.41) is 0. The van der Waals surface area contributed by atoms with Crippen LogP contribution in [-0.4, -0.2) is 46.5 Å². The van der Waals surface area contributed by atoms with Gasteiger partial charge in [0.1, 0.15) is 12.9 Å². The first-order valence-corrected chi connectivity index (χ1v) is 8.03. The summed E-state index contributed by atoms with van der Waals surface area (Å²) >= 11 is 0. The Morgan fingerprint density at radius 1 is 1.12 bits per heavy atom. The maximum Gasteiger partial charge on any atom is 0.325 e. The number of carbonyl (C=O) groups is 2. The first kappa shape index (κ1) is 16.7. The summed E-state index contributed by atoms with van der Waals surface area (Å²) in [6.07, 6.45) is 1.76. The number of ether oxygens (including phenoxy) is 1. The van der Waals surface area contributed by atoms with Gasteiger partial charge in [0.05, 0.1) is 17.6 Å². The van der Waals surface area contributed by atoms with E-state index in [1.807, 2.05) is 41.0 Å². The Morgan fingerprint density at radius 2 is 1.84 bits per heavy atom. The lowest BCUT2D eigenvalue weighted by molar-refractivity contribution is -0.143. The summed E-state index contributed by atoms with van der Waals surface area (Å²) in [6.45, 7) is 1.97. The Kier molecular flexibility index (Phi) is 4.79. The molecule has 1 amide bonds. The van der Waals surface area contributed by atoms with E-state index in [1.54, 1.807) is 32.4 Å². The molecule has 2 aromatic carbocycles. The van der Waals surface area contributed by atoms with Crippen molar-refractivity contribution in [3.63, 3.8) is 0 Å². The lowest BCUT2D eigenvalue weighted by atomic mass is 10.1. The Bertz CT molecular complexity index is 900. The Balaban J connectivity index is 1.78. The number of imidazole rings is 1. The van der Waals surface area contributed by atoms with E-state index < -0.39 is 5.97 Å². The number of para-hydroxylation sites is 2. The number of amides is 1. The highest BCUT2D eigenvalue weighted by atomic mass is 16.5. The normalized spacial score (nSPS) is 10.6. The lowest BCUT2D eigenvalue weighted by Crippen LogP contribution is -2.33. The second-order valence-electron chi connectivity index (χ2n) is 5.62. The van der Waals surface area contributed by atoms with Crippen molar-refractivity contribution in [1.82, 2.24) is 14.5 Å². The number of likely N-dealkylation sites (N-methyl/N-ethyl adjacent to an activating group) is 1. The minimum atomic E-state index is -0.417. The minimum Gasteiger partial charge on any atom is -0.465 e. The van der Waals surface area contributed by atoms with Crippen molar-refractivity contribution >= 4 is 22.9 Å². The third-order valence-corrected chi connectivity index (χ3v) is 3.86. The molecule has 6 nitrogen and oxygen atoms in total. The van der Waals surface area contributed by atoms with Gasteiger partial charge in [0.15, 0.2) is 0 Å². The third-order valence-electron chi connectivity index (χ3n) is 3.86. The molecule has 3 aromatic rings. The van der Waals surface area contributed by atoms with Gasteiger partial charge < -0.3 is 9.64 Å². The zero-order valence-corrected chi connectivity index (χ0v) is 14.2. The Labute approximate surface area is 145 Å². The van der Waals surface area contributed by atoms with Gasteiger partial charge in [-0.2, -0.15) is 0 Å². The summed E-state index contributed by atoms with van der Waals surface area (Å²) in [7, 11) is 1.58. The third kappa shape index (κ3) is 3.52. The number of hydrogen-bond donors (Lipinski definition) is 0. The molecule has 0 spiro atoms. The molecule has 1 heterocycles. The predicted octanol–water partition coefficient (Wildman–Crippen LogP) is 2.66. The summed E-state index contributed by atoms with van der Waals surface area (Å²) < 4.78 is 6.83. The highest BCUT2D eigenvalue weighted by Gasteiger charge is 2.15. The zero-order valence-electron chi connectivity index (χ0n) is 14.2. The lowest BCUT2D eigenvalue weighted by Gasteiger charge is -2.16. The van der Waals surface area contributed by atoms with Crippen LogP contribution < -0.4 is 0 Å². The molecule has 1 aromatic heterocycles. The van der Waals surface area contributed by atoms with Crippen LogP contribution in [-0.2, 0) is 9.53 Å². The Morgan fingerprint density at radius 3 is 2.56 bits per heavy atom. The Hall–Kier alpha value is -3.15. The molecule has 0 atom stereocenters. The maximum atomic E-state index is 12.4. The number of hydrogen-bond acceptors (Lipinski definition) is 4. The van der Waals surface area contributed by atoms with Crippen LogP contribution in [0.3, 0.4) is 0 Å². The molecule has 128 valence electrons. The number of rotatable bonds is 5. The molecular formula is C19H19N3O3. The minimum absolute atomic E-state index is 0.0689. The number of fused-ring (bicyclic) bond motifs is 1. The van der Waals surface area contributed by atoms with Gasteiger partial charge in [-0.3, -0.25) is 14.2 Å². The van der Waals surface area contributed by atoms with E-state index >= 15 is 0 Å². The van der Waals surface area contributed by atoms with E-state index in [0.717, 1.165) is 16.7 Å². The number of esters is 1. The van der Waals surface area contributed by atoms with Gasteiger partial charge in [-0.1, -0.05) is 12.1 Å². The van der Waals surface area contributed by atoms with E-state index in [-0.39, 0.29) is 12.5 Å². The average molecular weight is 337 g/mol. The molecule has 0 aliphatic carbocycles. The standard InChI is InChI=1S/C19H19N3O3/c1-3-25-18(23)12-21(2)19(24)14-8-10-15(11-9-14)22-13-20-16-6-4-5-7-17(16)22/h4-11,13H,3,12H2,1-2H3. The predicted molar refractivity (Wildman–Crippen MR) is 94.7 cm³/mol. The smallest absolute Gasteiger partial charge is 0.325 e. The first-order valence-electron chi connectivity index (χ1n) is 8.03. The van der Waals surface area contributed by atoms with Crippen LogP contribution in [0.4, 0.5) is 0 Å². The molecule has 0 aliphatic rings. The highest BCUT2D eigenvalue weighted by Crippen LogP contribution is 2.18. The van der Waals surface area contributed by atoms with E-state index in [4.69, 9.17) is 4.74 Å². The summed E-state index contributed by atoms with van der Waals surface area (Å²) in [4.78, 5) is 29.6. The molecule has 0 unspecified atom stereocenters. The van der Waals surface area contributed by atoms with Gasteiger partial charge in [0.25, 0.3) is 5.91 Å². The largest absolute Gasteiger partial charge is 0.465 e. The van der Waals surface area contributed by atoms with Crippen molar-refractivity contribution in [2.75, 3.05) is 20.2 Å². The van der Waals surface area contributed by atoms with Crippen LogP contribution in [0.15, 0.2) is 54.9 Å². The summed E-state index contributed by atoms with van der Waals surface area (Å²) in [5.41, 5.74) is 3.34. The molecule has 0 saturated heterocycles. The van der Waals surface area contributed by atoms with Crippen LogP contribution in [0.2, 0.25) is 0 Å². The number of nitrogens with zero attached hydrogens (tertiary/aromatic N) is 3. The fraction of sp³-hybridized carbons (Fsp3) is 0.211. The fourth-order valence-corrected chi connectivity index (χ4v) is 2.62.